The molecular formula is C23H27NO4. The number of hydrogen-bond donors (Lipinski definition) is 1. The van der Waals surface area contributed by atoms with Crippen molar-refractivity contribution in [2.75, 3.05) is 18.5 Å². The molecule has 3 rings (SSSR count). The van der Waals surface area contributed by atoms with E-state index in [0.717, 1.165) is 11.1 Å². The van der Waals surface area contributed by atoms with Gasteiger partial charge in [0.05, 0.1) is 12.3 Å². The SMILES string of the molecule is CC(=O)OCC(=O)Nc1cccc(-c2ccccc2)c1OCC1CCCCC1. The molecule has 1 N–H and O–H groups in total. The normalized spacial score (nSPS) is 14.3. The Morgan fingerprint density at radius 2 is 1.75 bits per heavy atom. The van der Waals surface area contributed by atoms with Crippen molar-refractivity contribution < 1.29 is 19.1 Å². The predicted octanol–water partition coefficient (Wildman–Crippen LogP) is 4.81. The zero-order valence-corrected chi connectivity index (χ0v) is 16.3. The van der Waals surface area contributed by atoms with Crippen LogP contribution in [0.3, 0.4) is 0 Å². The van der Waals surface area contributed by atoms with Crippen molar-refractivity contribution in [3.63, 3.8) is 0 Å². The molecule has 1 aliphatic carbocycles. The third kappa shape index (κ3) is 5.59. The lowest BCUT2D eigenvalue weighted by Crippen LogP contribution is -2.21. The van der Waals surface area contributed by atoms with Gasteiger partial charge in [0.25, 0.3) is 5.91 Å². The lowest BCUT2D eigenvalue weighted by molar-refractivity contribution is -0.144. The minimum atomic E-state index is -0.484. The molecule has 0 bridgehead atoms. The summed E-state index contributed by atoms with van der Waals surface area (Å²) in [6.45, 7) is 1.60. The third-order valence-corrected chi connectivity index (χ3v) is 4.97. The number of para-hydroxylation sites is 1. The van der Waals surface area contributed by atoms with E-state index < -0.39 is 5.97 Å². The molecule has 2 aromatic carbocycles. The van der Waals surface area contributed by atoms with Crippen molar-refractivity contribution in [1.82, 2.24) is 0 Å². The molecule has 1 fully saturated rings. The van der Waals surface area contributed by atoms with Crippen LogP contribution >= 0.6 is 0 Å². The van der Waals surface area contributed by atoms with E-state index in [1.165, 1.54) is 39.0 Å². The van der Waals surface area contributed by atoms with Gasteiger partial charge in [0, 0.05) is 12.5 Å². The molecule has 148 valence electrons. The van der Waals surface area contributed by atoms with E-state index in [1.54, 1.807) is 0 Å². The van der Waals surface area contributed by atoms with Crippen LogP contribution in [0.1, 0.15) is 39.0 Å². The molecule has 0 atom stereocenters. The smallest absolute Gasteiger partial charge is 0.303 e. The molecule has 5 nitrogen and oxygen atoms in total. The van der Waals surface area contributed by atoms with Gasteiger partial charge >= 0.3 is 5.97 Å². The fourth-order valence-corrected chi connectivity index (χ4v) is 3.54. The van der Waals surface area contributed by atoms with Crippen LogP contribution in [0.15, 0.2) is 48.5 Å². The molecule has 1 aliphatic rings. The van der Waals surface area contributed by atoms with Crippen LogP contribution < -0.4 is 10.1 Å². The van der Waals surface area contributed by atoms with E-state index in [4.69, 9.17) is 9.47 Å². The predicted molar refractivity (Wildman–Crippen MR) is 109 cm³/mol. The Morgan fingerprint density at radius 3 is 2.46 bits per heavy atom. The molecule has 0 aliphatic heterocycles. The van der Waals surface area contributed by atoms with Gasteiger partial charge in [-0.15, -0.1) is 0 Å². The van der Waals surface area contributed by atoms with Gasteiger partial charge in [0.1, 0.15) is 0 Å². The van der Waals surface area contributed by atoms with Gasteiger partial charge in [0.2, 0.25) is 0 Å². The maximum absolute atomic E-state index is 12.2. The first-order chi connectivity index (χ1) is 13.6. The zero-order chi connectivity index (χ0) is 19.8. The fourth-order valence-electron chi connectivity index (χ4n) is 3.54. The standard InChI is InChI=1S/C23H27NO4/c1-17(25)27-16-22(26)24-21-14-8-13-20(19-11-6-3-7-12-19)23(21)28-15-18-9-4-2-5-10-18/h3,6-8,11-14,18H,2,4-5,9-10,15-16H2,1H3,(H,24,26). The summed E-state index contributed by atoms with van der Waals surface area (Å²) in [6.07, 6.45) is 6.17. The van der Waals surface area contributed by atoms with Crippen LogP contribution in [0.5, 0.6) is 5.75 Å². The van der Waals surface area contributed by atoms with Gasteiger partial charge in [-0.2, -0.15) is 0 Å². The Morgan fingerprint density at radius 1 is 1.00 bits per heavy atom. The lowest BCUT2D eigenvalue weighted by atomic mass is 9.90. The maximum Gasteiger partial charge on any atom is 0.303 e. The maximum atomic E-state index is 12.2. The van der Waals surface area contributed by atoms with Crippen molar-refractivity contribution in [3.05, 3.63) is 48.5 Å². The number of amides is 1. The summed E-state index contributed by atoms with van der Waals surface area (Å²) < 4.78 is 11.1. The highest BCUT2D eigenvalue weighted by Crippen LogP contribution is 2.37. The molecule has 0 spiro atoms. The quantitative estimate of drug-likeness (QED) is 0.699. The molecule has 0 unspecified atom stereocenters. The summed E-state index contributed by atoms with van der Waals surface area (Å²) in [4.78, 5) is 23.1. The number of rotatable bonds is 7. The second-order valence-electron chi connectivity index (χ2n) is 7.19. The highest BCUT2D eigenvalue weighted by atomic mass is 16.5. The number of nitrogens with one attached hydrogen (secondary N) is 1. The molecule has 0 saturated heterocycles. The Balaban J connectivity index is 1.82. The minimum Gasteiger partial charge on any atom is -0.490 e. The number of carbonyl (C=O) groups is 2. The summed E-state index contributed by atoms with van der Waals surface area (Å²) in [7, 11) is 0. The van der Waals surface area contributed by atoms with Crippen molar-refractivity contribution >= 4 is 17.6 Å². The Bertz CT molecular complexity index is 798. The second kappa shape index (κ2) is 9.93. The molecule has 0 aromatic heterocycles. The van der Waals surface area contributed by atoms with E-state index in [2.05, 4.69) is 5.32 Å². The average molecular weight is 381 g/mol. The minimum absolute atomic E-state index is 0.313. The largest absolute Gasteiger partial charge is 0.490 e. The third-order valence-electron chi connectivity index (χ3n) is 4.97. The highest BCUT2D eigenvalue weighted by Gasteiger charge is 2.18. The van der Waals surface area contributed by atoms with Gasteiger partial charge in [-0.05, 0) is 30.4 Å². The van der Waals surface area contributed by atoms with E-state index in [-0.39, 0.29) is 12.5 Å². The van der Waals surface area contributed by atoms with Crippen LogP contribution in [-0.4, -0.2) is 25.1 Å². The number of hydrogen-bond acceptors (Lipinski definition) is 4. The number of anilines is 1. The molecule has 0 heterocycles. The van der Waals surface area contributed by atoms with E-state index >= 15 is 0 Å². The molecule has 1 saturated carbocycles. The topological polar surface area (TPSA) is 64.6 Å². The Labute approximate surface area is 166 Å². The van der Waals surface area contributed by atoms with Crippen LogP contribution in [0.2, 0.25) is 0 Å². The number of benzene rings is 2. The zero-order valence-electron chi connectivity index (χ0n) is 16.3. The van der Waals surface area contributed by atoms with E-state index in [9.17, 15) is 9.59 Å². The van der Waals surface area contributed by atoms with Crippen molar-refractivity contribution in [1.29, 1.82) is 0 Å². The highest BCUT2D eigenvalue weighted by molar-refractivity contribution is 5.95. The van der Waals surface area contributed by atoms with Gasteiger partial charge in [-0.25, -0.2) is 0 Å². The van der Waals surface area contributed by atoms with Crippen LogP contribution in [0, 0.1) is 5.92 Å². The van der Waals surface area contributed by atoms with Crippen molar-refractivity contribution in [2.24, 2.45) is 5.92 Å². The molecule has 0 radical (unpaired) electrons. The second-order valence-corrected chi connectivity index (χ2v) is 7.19. The number of esters is 1. The van der Waals surface area contributed by atoms with Gasteiger partial charge in [-0.1, -0.05) is 61.7 Å². The molecule has 28 heavy (non-hydrogen) atoms. The first-order valence-electron chi connectivity index (χ1n) is 9.88. The van der Waals surface area contributed by atoms with Crippen LogP contribution in [0.4, 0.5) is 5.69 Å². The summed E-state index contributed by atoms with van der Waals surface area (Å²) >= 11 is 0. The summed E-state index contributed by atoms with van der Waals surface area (Å²) in [5.41, 5.74) is 2.55. The number of ether oxygens (including phenoxy) is 2. The molecule has 1 amide bonds. The van der Waals surface area contributed by atoms with E-state index in [1.807, 2.05) is 48.5 Å². The average Bonchev–Trinajstić information content (AvgIpc) is 2.72. The summed E-state index contributed by atoms with van der Waals surface area (Å²) in [6, 6.07) is 15.7. The molecule has 5 heteroatoms. The van der Waals surface area contributed by atoms with Crippen LogP contribution in [0.25, 0.3) is 11.1 Å². The summed E-state index contributed by atoms with van der Waals surface area (Å²) in [5, 5.41) is 2.82. The monoisotopic (exact) mass is 381 g/mol. The van der Waals surface area contributed by atoms with Crippen LogP contribution in [-0.2, 0) is 14.3 Å². The van der Waals surface area contributed by atoms with Gasteiger partial charge in [-0.3, -0.25) is 9.59 Å². The molecular weight excluding hydrogens is 354 g/mol. The van der Waals surface area contributed by atoms with Gasteiger partial charge < -0.3 is 14.8 Å². The van der Waals surface area contributed by atoms with Crippen molar-refractivity contribution in [3.8, 4) is 16.9 Å². The fraction of sp³-hybridized carbons (Fsp3) is 0.391. The number of carbonyl (C=O) groups excluding carboxylic acids is 2. The Kier molecular flexibility index (Phi) is 7.06. The van der Waals surface area contributed by atoms with Crippen molar-refractivity contribution in [2.45, 2.75) is 39.0 Å². The Hall–Kier alpha value is -2.82. The van der Waals surface area contributed by atoms with Gasteiger partial charge in [0.15, 0.2) is 12.4 Å². The summed E-state index contributed by atoms with van der Waals surface area (Å²) in [5.74, 6) is 0.336. The first kappa shape index (κ1) is 19.9. The first-order valence-corrected chi connectivity index (χ1v) is 9.88. The van der Waals surface area contributed by atoms with E-state index in [0.29, 0.717) is 24.0 Å². The molecule has 2 aromatic rings. The lowest BCUT2D eigenvalue weighted by Gasteiger charge is -2.24.